The number of nitrogens with one attached hydrogen (secondary N) is 1. The predicted octanol–water partition coefficient (Wildman–Crippen LogP) is 1.83. The maximum Gasteiger partial charge on any atom is 0.211 e. The molecular formula is C15H28N2O4. The molecule has 0 bridgehead atoms. The Bertz CT molecular complexity index is 370. The molecule has 1 heterocycles. The van der Waals surface area contributed by atoms with Crippen molar-refractivity contribution < 1.29 is 19.0 Å². The van der Waals surface area contributed by atoms with Crippen molar-refractivity contribution in [2.75, 3.05) is 33.0 Å². The molecule has 0 saturated heterocycles. The molecule has 0 aliphatic rings. The van der Waals surface area contributed by atoms with Crippen molar-refractivity contribution in [1.82, 2.24) is 10.3 Å². The SMILES string of the molecule is CCCCOCCOCC(O)CNC(C)c1ncc(C)o1. The van der Waals surface area contributed by atoms with Crippen LogP contribution in [-0.2, 0) is 9.47 Å². The van der Waals surface area contributed by atoms with E-state index in [1.54, 1.807) is 6.20 Å². The fraction of sp³-hybridized carbons (Fsp3) is 0.800. The summed E-state index contributed by atoms with van der Waals surface area (Å²) in [7, 11) is 0. The largest absolute Gasteiger partial charge is 0.444 e. The summed E-state index contributed by atoms with van der Waals surface area (Å²) < 4.78 is 16.2. The minimum absolute atomic E-state index is 0.0364. The number of aliphatic hydroxyl groups is 1. The second-order valence-electron chi connectivity index (χ2n) is 5.13. The van der Waals surface area contributed by atoms with E-state index in [1.165, 1.54) is 0 Å². The highest BCUT2D eigenvalue weighted by atomic mass is 16.5. The highest BCUT2D eigenvalue weighted by Crippen LogP contribution is 2.11. The van der Waals surface area contributed by atoms with E-state index in [2.05, 4.69) is 17.2 Å². The van der Waals surface area contributed by atoms with Gasteiger partial charge in [0, 0.05) is 13.2 Å². The number of rotatable bonds is 12. The number of aliphatic hydroxyl groups excluding tert-OH is 1. The van der Waals surface area contributed by atoms with E-state index in [-0.39, 0.29) is 6.04 Å². The van der Waals surface area contributed by atoms with Crippen LogP contribution in [0.3, 0.4) is 0 Å². The lowest BCUT2D eigenvalue weighted by Crippen LogP contribution is -2.32. The molecular weight excluding hydrogens is 272 g/mol. The third-order valence-corrected chi connectivity index (χ3v) is 2.99. The molecule has 122 valence electrons. The summed E-state index contributed by atoms with van der Waals surface area (Å²) in [6, 6.07) is -0.0364. The predicted molar refractivity (Wildman–Crippen MR) is 80.2 cm³/mol. The molecule has 0 amide bonds. The Morgan fingerprint density at radius 2 is 2.10 bits per heavy atom. The monoisotopic (exact) mass is 300 g/mol. The van der Waals surface area contributed by atoms with Crippen LogP contribution in [0.25, 0.3) is 0 Å². The van der Waals surface area contributed by atoms with Crippen molar-refractivity contribution in [1.29, 1.82) is 0 Å². The highest BCUT2D eigenvalue weighted by Gasteiger charge is 2.12. The first kappa shape index (κ1) is 18.1. The van der Waals surface area contributed by atoms with Crippen LogP contribution in [-0.4, -0.2) is 49.2 Å². The Morgan fingerprint density at radius 3 is 2.76 bits per heavy atom. The Hall–Kier alpha value is -0.950. The van der Waals surface area contributed by atoms with Gasteiger partial charge in [-0.1, -0.05) is 13.3 Å². The molecule has 0 radical (unpaired) electrons. The van der Waals surface area contributed by atoms with Gasteiger partial charge in [0.25, 0.3) is 0 Å². The van der Waals surface area contributed by atoms with Crippen molar-refractivity contribution in [3.05, 3.63) is 17.8 Å². The fourth-order valence-electron chi connectivity index (χ4n) is 1.72. The number of hydrogen-bond donors (Lipinski definition) is 2. The van der Waals surface area contributed by atoms with Crippen molar-refractivity contribution in [3.63, 3.8) is 0 Å². The molecule has 2 N–H and O–H groups in total. The average Bonchev–Trinajstić information content (AvgIpc) is 2.90. The molecule has 1 aromatic rings. The van der Waals surface area contributed by atoms with Crippen LogP contribution in [0.2, 0.25) is 0 Å². The molecule has 0 aromatic carbocycles. The number of nitrogens with zero attached hydrogens (tertiary/aromatic N) is 1. The Morgan fingerprint density at radius 1 is 1.33 bits per heavy atom. The minimum atomic E-state index is -0.556. The van der Waals surface area contributed by atoms with Gasteiger partial charge in [0.2, 0.25) is 5.89 Å². The van der Waals surface area contributed by atoms with Gasteiger partial charge in [0.1, 0.15) is 5.76 Å². The summed E-state index contributed by atoms with van der Waals surface area (Å²) in [5.74, 6) is 1.41. The number of unbranched alkanes of at least 4 members (excludes halogenated alkanes) is 1. The van der Waals surface area contributed by atoms with Crippen LogP contribution in [0.5, 0.6) is 0 Å². The van der Waals surface area contributed by atoms with Gasteiger partial charge >= 0.3 is 0 Å². The molecule has 0 saturated carbocycles. The zero-order chi connectivity index (χ0) is 15.5. The molecule has 1 aromatic heterocycles. The molecule has 6 heteroatoms. The summed E-state index contributed by atoms with van der Waals surface area (Å²) in [6.45, 7) is 8.51. The molecule has 0 aliphatic heterocycles. The summed E-state index contributed by atoms with van der Waals surface area (Å²) in [6.07, 6.45) is 3.34. The second kappa shape index (κ2) is 10.7. The third-order valence-electron chi connectivity index (χ3n) is 2.99. The Balaban J connectivity index is 2.02. The first-order valence-corrected chi connectivity index (χ1v) is 7.62. The number of aryl methyl sites for hydroxylation is 1. The van der Waals surface area contributed by atoms with Gasteiger partial charge in [-0.3, -0.25) is 0 Å². The Labute approximate surface area is 126 Å². The normalized spacial score (nSPS) is 14.3. The standard InChI is InChI=1S/C15H28N2O4/c1-4-5-6-19-7-8-20-11-14(18)10-16-13(3)15-17-9-12(2)21-15/h9,13-14,16,18H,4-8,10-11H2,1-3H3. The van der Waals surface area contributed by atoms with E-state index in [9.17, 15) is 5.11 Å². The average molecular weight is 300 g/mol. The maximum absolute atomic E-state index is 9.81. The topological polar surface area (TPSA) is 76.8 Å². The van der Waals surface area contributed by atoms with Crippen molar-refractivity contribution in [3.8, 4) is 0 Å². The van der Waals surface area contributed by atoms with Gasteiger partial charge in [-0.15, -0.1) is 0 Å². The number of oxazole rings is 1. The van der Waals surface area contributed by atoms with Gasteiger partial charge in [-0.05, 0) is 20.3 Å². The lowest BCUT2D eigenvalue weighted by atomic mass is 10.3. The van der Waals surface area contributed by atoms with Gasteiger partial charge in [0.05, 0.1) is 38.2 Å². The van der Waals surface area contributed by atoms with Gasteiger partial charge < -0.3 is 24.3 Å². The van der Waals surface area contributed by atoms with E-state index in [0.717, 1.165) is 25.2 Å². The molecule has 0 aliphatic carbocycles. The number of hydrogen-bond acceptors (Lipinski definition) is 6. The number of aromatic nitrogens is 1. The quantitative estimate of drug-likeness (QED) is 0.574. The van der Waals surface area contributed by atoms with Gasteiger partial charge in [-0.25, -0.2) is 4.98 Å². The van der Waals surface area contributed by atoms with Crippen LogP contribution in [0.15, 0.2) is 10.6 Å². The maximum atomic E-state index is 9.81. The first-order valence-electron chi connectivity index (χ1n) is 7.62. The summed E-state index contributed by atoms with van der Waals surface area (Å²) in [4.78, 5) is 4.15. The fourth-order valence-corrected chi connectivity index (χ4v) is 1.72. The summed E-state index contributed by atoms with van der Waals surface area (Å²) >= 11 is 0. The zero-order valence-electron chi connectivity index (χ0n) is 13.3. The van der Waals surface area contributed by atoms with Crippen molar-refractivity contribution >= 4 is 0 Å². The second-order valence-corrected chi connectivity index (χ2v) is 5.13. The minimum Gasteiger partial charge on any atom is -0.444 e. The molecule has 0 spiro atoms. The highest BCUT2D eigenvalue weighted by molar-refractivity contribution is 4.94. The van der Waals surface area contributed by atoms with Gasteiger partial charge in [0.15, 0.2) is 0 Å². The van der Waals surface area contributed by atoms with Crippen LogP contribution in [0.1, 0.15) is 44.4 Å². The summed E-state index contributed by atoms with van der Waals surface area (Å²) in [5, 5.41) is 13.0. The third kappa shape index (κ3) is 8.16. The van der Waals surface area contributed by atoms with E-state index in [1.807, 2.05) is 13.8 Å². The van der Waals surface area contributed by atoms with Crippen LogP contribution < -0.4 is 5.32 Å². The van der Waals surface area contributed by atoms with E-state index in [0.29, 0.717) is 32.3 Å². The van der Waals surface area contributed by atoms with Crippen LogP contribution in [0, 0.1) is 6.92 Å². The van der Waals surface area contributed by atoms with Crippen LogP contribution >= 0.6 is 0 Å². The molecule has 2 atom stereocenters. The van der Waals surface area contributed by atoms with E-state index in [4.69, 9.17) is 13.9 Å². The zero-order valence-corrected chi connectivity index (χ0v) is 13.3. The van der Waals surface area contributed by atoms with Crippen molar-refractivity contribution in [2.24, 2.45) is 0 Å². The molecule has 21 heavy (non-hydrogen) atoms. The Kier molecular flexibility index (Phi) is 9.25. The summed E-state index contributed by atoms with van der Waals surface area (Å²) in [5.41, 5.74) is 0. The molecule has 2 unspecified atom stereocenters. The lowest BCUT2D eigenvalue weighted by molar-refractivity contribution is 0.00312. The molecule has 0 fully saturated rings. The molecule has 6 nitrogen and oxygen atoms in total. The van der Waals surface area contributed by atoms with Crippen molar-refractivity contribution in [2.45, 2.75) is 45.8 Å². The number of ether oxygens (including phenoxy) is 2. The smallest absolute Gasteiger partial charge is 0.211 e. The van der Waals surface area contributed by atoms with E-state index < -0.39 is 6.10 Å². The lowest BCUT2D eigenvalue weighted by Gasteiger charge is -2.15. The first-order chi connectivity index (χ1) is 10.1. The van der Waals surface area contributed by atoms with E-state index >= 15 is 0 Å². The van der Waals surface area contributed by atoms with Gasteiger partial charge in [-0.2, -0.15) is 0 Å². The molecule has 1 rings (SSSR count). The van der Waals surface area contributed by atoms with Crippen LogP contribution in [0.4, 0.5) is 0 Å².